The molecule has 1 aliphatic rings. The van der Waals surface area contributed by atoms with E-state index in [1.165, 1.54) is 49.8 Å². The lowest BCUT2D eigenvalue weighted by atomic mass is 10.1. The monoisotopic (exact) mass is 206 g/mol. The van der Waals surface area contributed by atoms with Gasteiger partial charge in [0.15, 0.2) is 0 Å². The Kier molecular flexibility index (Phi) is 5.98. The Balaban J connectivity index is 2.64. The molecule has 0 saturated carbocycles. The fraction of sp³-hybridized carbons (Fsp3) is 0.692. The zero-order valence-corrected chi connectivity index (χ0v) is 10.00. The molecule has 0 bridgehead atoms. The van der Waals surface area contributed by atoms with Gasteiger partial charge in [-0.15, -0.1) is 0 Å². The number of hydrogen-bond acceptors (Lipinski definition) is 1. The maximum absolute atomic E-state index is 4.45. The second kappa shape index (κ2) is 7.38. The molecule has 2 heteroatoms. The van der Waals surface area contributed by atoms with Gasteiger partial charge in [0.05, 0.1) is 0 Å². The molecule has 0 aromatic carbocycles. The van der Waals surface area contributed by atoms with Crippen molar-refractivity contribution in [2.75, 3.05) is 0 Å². The Morgan fingerprint density at radius 3 is 2.40 bits per heavy atom. The second-order valence-corrected chi connectivity index (χ2v) is 4.15. The normalized spacial score (nSPS) is 25.5. The zero-order chi connectivity index (χ0) is 10.9. The lowest BCUT2D eigenvalue weighted by Crippen LogP contribution is -1.87. The van der Waals surface area contributed by atoms with Crippen molar-refractivity contribution < 1.29 is 0 Å². The first kappa shape index (κ1) is 12.2. The highest BCUT2D eigenvalue weighted by Crippen LogP contribution is 2.22. The maximum atomic E-state index is 4.45. The van der Waals surface area contributed by atoms with Crippen LogP contribution >= 0.6 is 0 Å². The van der Waals surface area contributed by atoms with Crippen molar-refractivity contribution in [1.82, 2.24) is 0 Å². The van der Waals surface area contributed by atoms with Crippen LogP contribution < -0.4 is 0 Å². The molecule has 2 nitrogen and oxygen atoms in total. The lowest BCUT2D eigenvalue weighted by Gasteiger charge is -2.04. The third kappa shape index (κ3) is 4.91. The maximum Gasteiger partial charge on any atom is 0.115 e. The van der Waals surface area contributed by atoms with Crippen LogP contribution in [0, 0.1) is 0 Å². The Hall–Kier alpha value is -0.920. The van der Waals surface area contributed by atoms with Crippen molar-refractivity contribution in [3.05, 3.63) is 11.3 Å². The number of rotatable bonds is 2. The summed E-state index contributed by atoms with van der Waals surface area (Å²) in [5.74, 6) is 0. The van der Waals surface area contributed by atoms with Crippen molar-refractivity contribution in [2.45, 2.75) is 58.8 Å². The summed E-state index contributed by atoms with van der Waals surface area (Å²) in [7, 11) is 0. The van der Waals surface area contributed by atoms with Gasteiger partial charge in [0.1, 0.15) is 6.34 Å². The minimum absolute atomic E-state index is 1.13. The predicted molar refractivity (Wildman–Crippen MR) is 67.7 cm³/mol. The van der Waals surface area contributed by atoms with Gasteiger partial charge in [-0.25, -0.2) is 9.98 Å². The Labute approximate surface area is 93.2 Å². The van der Waals surface area contributed by atoms with Crippen LogP contribution in [0.15, 0.2) is 21.3 Å². The van der Waals surface area contributed by atoms with E-state index >= 15 is 0 Å². The van der Waals surface area contributed by atoms with E-state index in [9.17, 15) is 0 Å². The van der Waals surface area contributed by atoms with E-state index in [1.807, 2.05) is 6.92 Å². The quantitative estimate of drug-likeness (QED) is 0.479. The summed E-state index contributed by atoms with van der Waals surface area (Å²) in [6.07, 6.45) is 12.5. The van der Waals surface area contributed by atoms with Crippen LogP contribution in [0.1, 0.15) is 58.8 Å². The van der Waals surface area contributed by atoms with E-state index in [0.717, 1.165) is 6.42 Å². The first-order valence-electron chi connectivity index (χ1n) is 6.03. The average molecular weight is 206 g/mol. The molecule has 0 N–H and O–H groups in total. The molecule has 0 radical (unpaired) electrons. The van der Waals surface area contributed by atoms with E-state index in [0.29, 0.717) is 0 Å². The molecule has 0 heterocycles. The van der Waals surface area contributed by atoms with Crippen molar-refractivity contribution in [1.29, 1.82) is 0 Å². The first-order chi connectivity index (χ1) is 7.34. The molecule has 15 heavy (non-hydrogen) atoms. The number of nitrogens with zero attached hydrogens (tertiary/aromatic N) is 2. The highest BCUT2D eigenvalue weighted by molar-refractivity contribution is 5.71. The Morgan fingerprint density at radius 2 is 1.67 bits per heavy atom. The fourth-order valence-corrected chi connectivity index (χ4v) is 1.92. The van der Waals surface area contributed by atoms with Gasteiger partial charge in [-0.05, 0) is 39.5 Å². The van der Waals surface area contributed by atoms with Gasteiger partial charge < -0.3 is 0 Å². The van der Waals surface area contributed by atoms with Crippen molar-refractivity contribution in [3.63, 3.8) is 0 Å². The van der Waals surface area contributed by atoms with Gasteiger partial charge in [-0.2, -0.15) is 0 Å². The predicted octanol–water partition coefficient (Wildman–Crippen LogP) is 4.12. The average Bonchev–Trinajstić information content (AvgIpc) is 2.33. The van der Waals surface area contributed by atoms with E-state index in [2.05, 4.69) is 16.9 Å². The smallest absolute Gasteiger partial charge is 0.115 e. The lowest BCUT2D eigenvalue weighted by molar-refractivity contribution is 0.626. The molecular weight excluding hydrogens is 184 g/mol. The van der Waals surface area contributed by atoms with Crippen LogP contribution in [-0.2, 0) is 0 Å². The van der Waals surface area contributed by atoms with E-state index in [4.69, 9.17) is 0 Å². The van der Waals surface area contributed by atoms with Crippen LogP contribution in [0.25, 0.3) is 0 Å². The molecule has 1 aliphatic carbocycles. The van der Waals surface area contributed by atoms with Gasteiger partial charge >= 0.3 is 0 Å². The molecule has 0 aromatic rings. The topological polar surface area (TPSA) is 24.7 Å². The highest BCUT2D eigenvalue weighted by atomic mass is 14.9. The van der Waals surface area contributed by atoms with Crippen LogP contribution in [0.3, 0.4) is 0 Å². The molecule has 0 unspecified atom stereocenters. The molecule has 1 rings (SSSR count). The number of aliphatic imine (C=N–C) groups is 2. The summed E-state index contributed by atoms with van der Waals surface area (Å²) in [5.41, 5.74) is 2.72. The van der Waals surface area contributed by atoms with Gasteiger partial charge in [0.25, 0.3) is 0 Å². The van der Waals surface area contributed by atoms with Crippen LogP contribution in [0.4, 0.5) is 0 Å². The standard InChI is InChI=1S/C13H22N2/c1-3-14-11-15-13-10-8-6-4-5-7-9-12(13)2/h3,11H,4-10H2,1-2H3/b13-12+,14-3?,15-11?. The second-order valence-electron chi connectivity index (χ2n) is 4.15. The molecule has 0 amide bonds. The van der Waals surface area contributed by atoms with Gasteiger partial charge in [0.2, 0.25) is 0 Å². The molecule has 0 aromatic heterocycles. The summed E-state index contributed by atoms with van der Waals surface area (Å²) in [6.45, 7) is 4.13. The summed E-state index contributed by atoms with van der Waals surface area (Å²) in [4.78, 5) is 8.48. The first-order valence-corrected chi connectivity index (χ1v) is 6.03. The Morgan fingerprint density at radius 1 is 1.00 bits per heavy atom. The number of allylic oxidation sites excluding steroid dienone is 2. The summed E-state index contributed by atoms with van der Waals surface area (Å²) in [5, 5.41) is 0. The molecule has 0 saturated heterocycles. The molecular formula is C13H22N2. The minimum Gasteiger partial charge on any atom is -0.250 e. The van der Waals surface area contributed by atoms with Gasteiger partial charge in [-0.1, -0.05) is 24.8 Å². The van der Waals surface area contributed by atoms with Crippen LogP contribution in [0.5, 0.6) is 0 Å². The molecule has 0 atom stereocenters. The summed E-state index contributed by atoms with van der Waals surface area (Å²) < 4.78 is 0. The zero-order valence-electron chi connectivity index (χ0n) is 10.00. The molecule has 0 spiro atoms. The van der Waals surface area contributed by atoms with Gasteiger partial charge in [0, 0.05) is 11.9 Å². The highest BCUT2D eigenvalue weighted by Gasteiger charge is 2.04. The Bertz CT molecular complexity index is 262. The fourth-order valence-electron chi connectivity index (χ4n) is 1.92. The summed E-state index contributed by atoms with van der Waals surface area (Å²) in [6, 6.07) is 0. The van der Waals surface area contributed by atoms with Crippen molar-refractivity contribution >= 4 is 12.6 Å². The van der Waals surface area contributed by atoms with E-state index in [1.54, 1.807) is 12.6 Å². The molecule has 0 fully saturated rings. The minimum atomic E-state index is 1.13. The largest absolute Gasteiger partial charge is 0.250 e. The van der Waals surface area contributed by atoms with E-state index in [-0.39, 0.29) is 0 Å². The SMILES string of the molecule is CC=NC=N/C1=C(\C)CCCCCCC1. The number of hydrogen-bond donors (Lipinski definition) is 0. The van der Waals surface area contributed by atoms with Crippen molar-refractivity contribution in [2.24, 2.45) is 9.98 Å². The molecule has 84 valence electrons. The van der Waals surface area contributed by atoms with Crippen molar-refractivity contribution in [3.8, 4) is 0 Å². The van der Waals surface area contributed by atoms with Gasteiger partial charge in [-0.3, -0.25) is 0 Å². The summed E-state index contributed by atoms with van der Waals surface area (Å²) >= 11 is 0. The third-order valence-electron chi connectivity index (χ3n) is 2.89. The van der Waals surface area contributed by atoms with Crippen LogP contribution in [0.2, 0.25) is 0 Å². The third-order valence-corrected chi connectivity index (χ3v) is 2.89. The van der Waals surface area contributed by atoms with Crippen LogP contribution in [-0.4, -0.2) is 12.6 Å². The molecule has 0 aliphatic heterocycles. The van der Waals surface area contributed by atoms with E-state index < -0.39 is 0 Å².